The van der Waals surface area contributed by atoms with Crippen LogP contribution in [-0.4, -0.2) is 25.6 Å². The van der Waals surface area contributed by atoms with Crippen LogP contribution in [-0.2, 0) is 14.9 Å². The molecule has 0 aliphatic heterocycles. The van der Waals surface area contributed by atoms with Gasteiger partial charge in [-0.3, -0.25) is 4.79 Å². The molecule has 0 aliphatic rings. The SMILES string of the molecule is C=CC(=O)NC(C)(C)CS(=O)(=O)Oc1ccccc1.[H-].[Na+]. The van der Waals surface area contributed by atoms with Gasteiger partial charge in [0, 0.05) is 0 Å². The van der Waals surface area contributed by atoms with E-state index in [0.717, 1.165) is 6.08 Å². The zero-order valence-corrected chi connectivity index (χ0v) is 14.7. The van der Waals surface area contributed by atoms with E-state index in [1.165, 1.54) is 0 Å². The molecule has 1 aromatic carbocycles. The minimum atomic E-state index is -3.80. The zero-order valence-electron chi connectivity index (χ0n) is 12.9. The average Bonchev–Trinajstić information content (AvgIpc) is 2.27. The average molecular weight is 307 g/mol. The maximum atomic E-state index is 11.9. The van der Waals surface area contributed by atoms with Crippen LogP contribution in [0.2, 0.25) is 0 Å². The second-order valence-electron chi connectivity index (χ2n) is 4.68. The monoisotopic (exact) mass is 307 g/mol. The maximum absolute atomic E-state index is 11.9. The molecule has 106 valence electrons. The van der Waals surface area contributed by atoms with E-state index in [9.17, 15) is 13.2 Å². The van der Waals surface area contributed by atoms with Crippen molar-refractivity contribution in [3.05, 3.63) is 43.0 Å². The summed E-state index contributed by atoms with van der Waals surface area (Å²) in [7, 11) is -3.80. The van der Waals surface area contributed by atoms with E-state index < -0.39 is 21.6 Å². The van der Waals surface area contributed by atoms with Crippen molar-refractivity contribution in [3.63, 3.8) is 0 Å². The molecule has 0 aliphatic carbocycles. The number of carbonyl (C=O) groups excluding carboxylic acids is 1. The Balaban J connectivity index is 0. The van der Waals surface area contributed by atoms with Gasteiger partial charge < -0.3 is 10.9 Å². The van der Waals surface area contributed by atoms with E-state index in [2.05, 4.69) is 11.9 Å². The summed E-state index contributed by atoms with van der Waals surface area (Å²) >= 11 is 0. The minimum absolute atomic E-state index is 0. The molecule has 0 bridgehead atoms. The fraction of sp³-hybridized carbons (Fsp3) is 0.308. The van der Waals surface area contributed by atoms with Crippen molar-refractivity contribution < 1.29 is 48.4 Å². The number of hydrogen-bond donors (Lipinski definition) is 1. The van der Waals surface area contributed by atoms with Crippen LogP contribution in [0.15, 0.2) is 43.0 Å². The summed E-state index contributed by atoms with van der Waals surface area (Å²) in [6.07, 6.45) is 1.09. The van der Waals surface area contributed by atoms with Gasteiger partial charge in [-0.05, 0) is 32.1 Å². The number of nitrogens with one attached hydrogen (secondary N) is 1. The van der Waals surface area contributed by atoms with E-state index >= 15 is 0 Å². The fourth-order valence-corrected chi connectivity index (χ4v) is 2.93. The quantitative estimate of drug-likeness (QED) is 0.398. The number of para-hydroxylation sites is 1. The molecular formula is C13H18NNaO4S. The molecule has 1 aromatic rings. The van der Waals surface area contributed by atoms with Gasteiger partial charge in [-0.1, -0.05) is 24.8 Å². The van der Waals surface area contributed by atoms with Crippen LogP contribution < -0.4 is 39.1 Å². The van der Waals surface area contributed by atoms with E-state index in [4.69, 9.17) is 4.18 Å². The smallest absolute Gasteiger partial charge is 1.00 e. The summed E-state index contributed by atoms with van der Waals surface area (Å²) in [6, 6.07) is 8.21. The Hall–Kier alpha value is -0.820. The maximum Gasteiger partial charge on any atom is 1.00 e. The van der Waals surface area contributed by atoms with Gasteiger partial charge in [-0.2, -0.15) is 8.42 Å². The molecule has 7 heteroatoms. The first-order valence-electron chi connectivity index (χ1n) is 5.66. The van der Waals surface area contributed by atoms with Crippen molar-refractivity contribution in [3.8, 4) is 5.75 Å². The second kappa shape index (κ2) is 7.83. The van der Waals surface area contributed by atoms with Crippen LogP contribution in [0, 0.1) is 0 Å². The zero-order chi connectivity index (χ0) is 14.5. The van der Waals surface area contributed by atoms with Gasteiger partial charge in [-0.25, -0.2) is 0 Å². The number of hydrogen-bond acceptors (Lipinski definition) is 4. The molecule has 0 heterocycles. The Morgan fingerprint density at radius 3 is 2.45 bits per heavy atom. The summed E-state index contributed by atoms with van der Waals surface area (Å²) in [5.41, 5.74) is -0.946. The van der Waals surface area contributed by atoms with Gasteiger partial charge in [0.25, 0.3) is 0 Å². The van der Waals surface area contributed by atoms with E-state index in [1.807, 2.05) is 0 Å². The Morgan fingerprint density at radius 1 is 1.40 bits per heavy atom. The predicted octanol–water partition coefficient (Wildman–Crippen LogP) is -1.41. The molecule has 1 amide bonds. The van der Waals surface area contributed by atoms with Crippen molar-refractivity contribution in [2.24, 2.45) is 0 Å². The van der Waals surface area contributed by atoms with Gasteiger partial charge in [0.2, 0.25) is 5.91 Å². The molecule has 0 spiro atoms. The minimum Gasteiger partial charge on any atom is -1.00 e. The topological polar surface area (TPSA) is 72.5 Å². The standard InChI is InChI=1S/C13H17NO4S.Na.H/c1-4-12(15)14-13(2,3)10-19(16,17)18-11-8-6-5-7-9-11;;/h4-9H,1,10H2,2-3H3,(H,14,15);;/q;+1;-1. The van der Waals surface area contributed by atoms with Crippen molar-refractivity contribution >= 4 is 16.0 Å². The number of rotatable bonds is 6. The van der Waals surface area contributed by atoms with Crippen LogP contribution in [0.3, 0.4) is 0 Å². The van der Waals surface area contributed by atoms with Gasteiger partial charge >= 0.3 is 39.7 Å². The first-order chi connectivity index (χ1) is 8.74. The van der Waals surface area contributed by atoms with Crippen molar-refractivity contribution in [1.82, 2.24) is 5.32 Å². The Bertz CT molecular complexity index is 561. The third-order valence-electron chi connectivity index (χ3n) is 2.15. The van der Waals surface area contributed by atoms with Crippen LogP contribution >= 0.6 is 0 Å². The molecule has 1 N–H and O–H groups in total. The molecule has 0 aromatic heterocycles. The third-order valence-corrected chi connectivity index (χ3v) is 3.67. The van der Waals surface area contributed by atoms with Gasteiger partial charge in [0.15, 0.2) is 0 Å². The molecule has 5 nitrogen and oxygen atoms in total. The Kier molecular flexibility index (Phi) is 7.51. The fourth-order valence-electron chi connectivity index (χ4n) is 1.51. The largest absolute Gasteiger partial charge is 1.00 e. The molecule has 0 saturated heterocycles. The molecule has 0 saturated carbocycles. The molecule has 20 heavy (non-hydrogen) atoms. The van der Waals surface area contributed by atoms with Crippen LogP contribution in [0.1, 0.15) is 15.3 Å². The Labute approximate surface area is 143 Å². The van der Waals surface area contributed by atoms with Crippen LogP contribution in [0.5, 0.6) is 5.75 Å². The van der Waals surface area contributed by atoms with E-state index in [1.54, 1.807) is 44.2 Å². The van der Waals surface area contributed by atoms with Crippen molar-refractivity contribution in [2.45, 2.75) is 19.4 Å². The molecular weight excluding hydrogens is 289 g/mol. The molecule has 0 unspecified atom stereocenters. The van der Waals surface area contributed by atoms with E-state index in [0.29, 0.717) is 0 Å². The van der Waals surface area contributed by atoms with Crippen molar-refractivity contribution in [1.29, 1.82) is 0 Å². The summed E-state index contributed by atoms with van der Waals surface area (Å²) in [6.45, 7) is 6.51. The van der Waals surface area contributed by atoms with Gasteiger partial charge in [0.1, 0.15) is 11.5 Å². The Morgan fingerprint density at radius 2 is 1.95 bits per heavy atom. The number of amides is 1. The third kappa shape index (κ3) is 7.09. The normalized spacial score (nSPS) is 11.1. The summed E-state index contributed by atoms with van der Waals surface area (Å²) in [5, 5.41) is 2.53. The van der Waals surface area contributed by atoms with Crippen LogP contribution in [0.4, 0.5) is 0 Å². The molecule has 0 radical (unpaired) electrons. The molecule has 0 atom stereocenters. The summed E-state index contributed by atoms with van der Waals surface area (Å²) in [5.74, 6) is -0.526. The number of carbonyl (C=O) groups is 1. The van der Waals surface area contributed by atoms with Crippen molar-refractivity contribution in [2.75, 3.05) is 5.75 Å². The van der Waals surface area contributed by atoms with Gasteiger partial charge in [-0.15, -0.1) is 0 Å². The van der Waals surface area contributed by atoms with Gasteiger partial charge in [0.05, 0.1) is 5.54 Å². The molecule has 1 rings (SSSR count). The first kappa shape index (κ1) is 19.2. The van der Waals surface area contributed by atoms with E-state index in [-0.39, 0.29) is 42.5 Å². The first-order valence-corrected chi connectivity index (χ1v) is 7.24. The number of benzene rings is 1. The van der Waals surface area contributed by atoms with Crippen LogP contribution in [0.25, 0.3) is 0 Å². The predicted molar refractivity (Wildman–Crippen MR) is 74.4 cm³/mol. The molecule has 0 fully saturated rings. The summed E-state index contributed by atoms with van der Waals surface area (Å²) < 4.78 is 28.7. The summed E-state index contributed by atoms with van der Waals surface area (Å²) in [4.78, 5) is 11.2. The second-order valence-corrected chi connectivity index (χ2v) is 6.25.